The van der Waals surface area contributed by atoms with Crippen LogP contribution in [0.3, 0.4) is 0 Å². The van der Waals surface area contributed by atoms with Crippen molar-refractivity contribution in [2.45, 2.75) is 0 Å². The van der Waals surface area contributed by atoms with Crippen LogP contribution in [0.25, 0.3) is 111 Å². The van der Waals surface area contributed by atoms with Crippen LogP contribution in [0.4, 0.5) is 0 Å². The number of hydrogen-bond donors (Lipinski definition) is 0. The van der Waals surface area contributed by atoms with Gasteiger partial charge in [-0.15, -0.1) is 0 Å². The number of pyridine rings is 2. The number of rotatable bonds is 7. The predicted octanol–water partition coefficient (Wildman–Crippen LogP) is 14.7. The van der Waals surface area contributed by atoms with Crippen LogP contribution in [0.15, 0.2) is 218 Å². The zero-order valence-corrected chi connectivity index (χ0v) is 35.5. The minimum absolute atomic E-state index is 0.502. The van der Waals surface area contributed by atoms with Crippen molar-refractivity contribution in [2.24, 2.45) is 0 Å². The minimum Gasteiger partial charge on any atom is -0.309 e. The number of nitriles is 2. The highest BCUT2D eigenvalue weighted by Crippen LogP contribution is 2.42. The van der Waals surface area contributed by atoms with E-state index < -0.39 is 0 Å². The predicted molar refractivity (Wildman–Crippen MR) is 267 cm³/mol. The van der Waals surface area contributed by atoms with Crippen molar-refractivity contribution < 1.29 is 0 Å². The molecule has 0 saturated carbocycles. The summed E-state index contributed by atoms with van der Waals surface area (Å²) in [5, 5.41) is 25.8. The molecule has 6 nitrogen and oxygen atoms in total. The highest BCUT2D eigenvalue weighted by atomic mass is 15.0. The molecule has 0 aliphatic carbocycles. The molecule has 306 valence electrons. The lowest BCUT2D eigenvalue weighted by Gasteiger charge is -2.19. The lowest BCUT2D eigenvalue weighted by molar-refractivity contribution is 1.13. The Bertz CT molecular complexity index is 3960. The first kappa shape index (κ1) is 38.3. The van der Waals surface area contributed by atoms with Crippen molar-refractivity contribution in [3.63, 3.8) is 0 Å². The second kappa shape index (κ2) is 15.8. The van der Waals surface area contributed by atoms with Crippen LogP contribution in [0, 0.1) is 22.7 Å². The van der Waals surface area contributed by atoms with Gasteiger partial charge < -0.3 is 9.13 Å². The molecule has 0 unspecified atom stereocenters. The van der Waals surface area contributed by atoms with Gasteiger partial charge in [0.15, 0.2) is 0 Å². The van der Waals surface area contributed by atoms with E-state index >= 15 is 0 Å². The fourth-order valence-electron chi connectivity index (χ4n) is 9.53. The smallest absolute Gasteiger partial charge is 0.101 e. The molecule has 0 amide bonds. The standard InChI is InChI=1S/C60H36N6/c61-37-39-14-11-19-42(32-39)50-36-57(65-55-26-9-7-20-46(55)48-30-28-43(33-58(48)65)53-24-12-22-51(63-53)40-15-3-1-4-16-40)45(38-62)35-60(50)66-56-27-10-8-21-47(56)49-31-29-44(34-59(49)66)54-25-13-23-52(64-54)41-17-5-2-6-18-41/h1-36H. The quantitative estimate of drug-likeness (QED) is 0.160. The van der Waals surface area contributed by atoms with E-state index in [1.165, 1.54) is 0 Å². The number of para-hydroxylation sites is 2. The van der Waals surface area contributed by atoms with Crippen LogP contribution in [-0.4, -0.2) is 19.1 Å². The molecule has 0 fully saturated rings. The molecule has 4 aromatic heterocycles. The van der Waals surface area contributed by atoms with E-state index in [0.29, 0.717) is 11.1 Å². The molecule has 0 radical (unpaired) electrons. The zero-order valence-electron chi connectivity index (χ0n) is 35.5. The fraction of sp³-hybridized carbons (Fsp3) is 0. The van der Waals surface area contributed by atoms with Gasteiger partial charge in [-0.25, -0.2) is 9.97 Å². The maximum atomic E-state index is 11.3. The molecule has 0 spiro atoms. The van der Waals surface area contributed by atoms with Crippen molar-refractivity contribution in [3.8, 4) is 79.7 Å². The summed E-state index contributed by atoms with van der Waals surface area (Å²) in [6, 6.07) is 79.4. The van der Waals surface area contributed by atoms with Crippen LogP contribution in [0.5, 0.6) is 0 Å². The average molecular weight is 841 g/mol. The number of aromatic nitrogens is 4. The SMILES string of the molecule is N#Cc1cccc(-c2cc(-n3c4ccccc4c4ccc(-c5cccc(-c6ccccc6)n5)cc43)c(C#N)cc2-n2c3ccccc3c3ccc(-c4cccc(-c5ccccc5)n4)cc32)c1. The van der Waals surface area contributed by atoms with Gasteiger partial charge in [0.1, 0.15) is 6.07 Å². The topological polar surface area (TPSA) is 83.2 Å². The Morgan fingerprint density at radius 1 is 0.318 bits per heavy atom. The van der Waals surface area contributed by atoms with Crippen LogP contribution in [0.2, 0.25) is 0 Å². The first-order valence-electron chi connectivity index (χ1n) is 21.8. The lowest BCUT2D eigenvalue weighted by Crippen LogP contribution is -2.04. The van der Waals surface area contributed by atoms with Gasteiger partial charge in [-0.1, -0.05) is 146 Å². The average Bonchev–Trinajstić information content (AvgIpc) is 3.91. The zero-order chi connectivity index (χ0) is 44.1. The summed E-state index contributed by atoms with van der Waals surface area (Å²) in [4.78, 5) is 10.3. The van der Waals surface area contributed by atoms with E-state index in [9.17, 15) is 10.5 Å². The van der Waals surface area contributed by atoms with Crippen molar-refractivity contribution in [1.29, 1.82) is 10.5 Å². The molecular formula is C60H36N6. The van der Waals surface area contributed by atoms with Crippen LogP contribution in [0.1, 0.15) is 11.1 Å². The van der Waals surface area contributed by atoms with Gasteiger partial charge in [-0.3, -0.25) is 0 Å². The first-order chi connectivity index (χ1) is 32.6. The highest BCUT2D eigenvalue weighted by Gasteiger charge is 2.23. The monoisotopic (exact) mass is 840 g/mol. The van der Waals surface area contributed by atoms with Crippen molar-refractivity contribution in [3.05, 3.63) is 230 Å². The Hall–Kier alpha value is -9.36. The second-order valence-electron chi connectivity index (χ2n) is 16.4. The summed E-state index contributed by atoms with van der Waals surface area (Å²) in [6.07, 6.45) is 0. The van der Waals surface area contributed by atoms with Crippen LogP contribution < -0.4 is 0 Å². The highest BCUT2D eigenvalue weighted by molar-refractivity contribution is 6.12. The molecule has 8 aromatic carbocycles. The second-order valence-corrected chi connectivity index (χ2v) is 16.4. The molecule has 0 atom stereocenters. The molecular weight excluding hydrogens is 805 g/mol. The molecule has 0 saturated heterocycles. The number of nitrogens with zero attached hydrogens (tertiary/aromatic N) is 6. The maximum Gasteiger partial charge on any atom is 0.101 e. The minimum atomic E-state index is 0.502. The molecule has 12 aromatic rings. The summed E-state index contributed by atoms with van der Waals surface area (Å²) in [7, 11) is 0. The van der Waals surface area contributed by atoms with Crippen molar-refractivity contribution >= 4 is 43.6 Å². The van der Waals surface area contributed by atoms with Crippen molar-refractivity contribution in [1.82, 2.24) is 19.1 Å². The van der Waals surface area contributed by atoms with Gasteiger partial charge >= 0.3 is 0 Å². The summed E-state index contributed by atoms with van der Waals surface area (Å²) in [5.41, 5.74) is 15.8. The van der Waals surface area contributed by atoms with E-state index in [-0.39, 0.29) is 0 Å². The van der Waals surface area contributed by atoms with Gasteiger partial charge in [0.2, 0.25) is 0 Å². The Morgan fingerprint density at radius 2 is 0.773 bits per heavy atom. The summed E-state index contributed by atoms with van der Waals surface area (Å²) in [6.45, 7) is 0. The lowest BCUT2D eigenvalue weighted by atomic mass is 9.97. The van der Waals surface area contributed by atoms with Gasteiger partial charge in [0.25, 0.3) is 0 Å². The van der Waals surface area contributed by atoms with E-state index in [4.69, 9.17) is 9.97 Å². The molecule has 0 bridgehead atoms. The molecule has 66 heavy (non-hydrogen) atoms. The van der Waals surface area contributed by atoms with E-state index in [0.717, 1.165) is 111 Å². The molecule has 6 heteroatoms. The number of hydrogen-bond acceptors (Lipinski definition) is 4. The Labute approximate surface area is 380 Å². The molecule has 12 rings (SSSR count). The van der Waals surface area contributed by atoms with Crippen LogP contribution >= 0.6 is 0 Å². The molecule has 0 aliphatic rings. The van der Waals surface area contributed by atoms with Gasteiger partial charge in [0.05, 0.1) is 73.4 Å². The van der Waals surface area contributed by atoms with Crippen molar-refractivity contribution in [2.75, 3.05) is 0 Å². The Balaban J connectivity index is 1.11. The third kappa shape index (κ3) is 6.41. The summed E-state index contributed by atoms with van der Waals surface area (Å²) in [5.74, 6) is 0. The summed E-state index contributed by atoms with van der Waals surface area (Å²) < 4.78 is 4.48. The van der Waals surface area contributed by atoms with Gasteiger partial charge in [0, 0.05) is 49.4 Å². The molecule has 4 heterocycles. The molecule has 0 aliphatic heterocycles. The third-order valence-corrected chi connectivity index (χ3v) is 12.6. The maximum absolute atomic E-state index is 11.3. The summed E-state index contributed by atoms with van der Waals surface area (Å²) >= 11 is 0. The van der Waals surface area contributed by atoms with E-state index in [1.807, 2.05) is 91.0 Å². The third-order valence-electron chi connectivity index (χ3n) is 12.6. The molecule has 0 N–H and O–H groups in total. The Kier molecular flexibility index (Phi) is 9.16. The number of fused-ring (bicyclic) bond motifs is 6. The number of benzene rings is 8. The first-order valence-corrected chi connectivity index (χ1v) is 21.8. The van der Waals surface area contributed by atoms with Gasteiger partial charge in [-0.2, -0.15) is 10.5 Å². The fourth-order valence-corrected chi connectivity index (χ4v) is 9.53. The Morgan fingerprint density at radius 3 is 1.30 bits per heavy atom. The van der Waals surface area contributed by atoms with Gasteiger partial charge in [-0.05, 0) is 78.4 Å². The normalized spacial score (nSPS) is 11.3. The largest absolute Gasteiger partial charge is 0.309 e. The van der Waals surface area contributed by atoms with Crippen LogP contribution in [-0.2, 0) is 0 Å². The van der Waals surface area contributed by atoms with E-state index in [1.54, 1.807) is 0 Å². The van der Waals surface area contributed by atoms with E-state index in [2.05, 4.69) is 149 Å².